The molecule has 116 valence electrons. The zero-order valence-electron chi connectivity index (χ0n) is 12.0. The van der Waals surface area contributed by atoms with Crippen LogP contribution in [0.1, 0.15) is 24.0 Å². The predicted molar refractivity (Wildman–Crippen MR) is 86.5 cm³/mol. The van der Waals surface area contributed by atoms with Crippen LogP contribution in [-0.2, 0) is 21.9 Å². The molecule has 0 saturated heterocycles. The van der Waals surface area contributed by atoms with Crippen molar-refractivity contribution in [3.63, 3.8) is 0 Å². The van der Waals surface area contributed by atoms with Crippen LogP contribution in [0.5, 0.6) is 0 Å². The van der Waals surface area contributed by atoms with Crippen LogP contribution in [0, 0.1) is 5.92 Å². The molecule has 2 atom stereocenters. The molecule has 2 aliphatic carbocycles. The number of thiazole rings is 1. The highest BCUT2D eigenvalue weighted by Gasteiger charge is 2.57. The van der Waals surface area contributed by atoms with Gasteiger partial charge in [-0.15, -0.1) is 0 Å². The summed E-state index contributed by atoms with van der Waals surface area (Å²) in [6.07, 6.45) is 4.90. The molecule has 1 heterocycles. The average Bonchev–Trinajstić information content (AvgIpc) is 2.84. The summed E-state index contributed by atoms with van der Waals surface area (Å²) < 4.78 is 22.6. The second kappa shape index (κ2) is 4.78. The second-order valence-electron chi connectivity index (χ2n) is 6.12. The van der Waals surface area contributed by atoms with E-state index in [1.54, 1.807) is 0 Å². The quantitative estimate of drug-likeness (QED) is 0.896. The number of nitrogens with two attached hydrogens (primary N) is 1. The van der Waals surface area contributed by atoms with Gasteiger partial charge in [0, 0.05) is 12.0 Å². The molecule has 7 heteroatoms. The summed E-state index contributed by atoms with van der Waals surface area (Å²) in [5, 5.41) is 8.99. The van der Waals surface area contributed by atoms with Crippen LogP contribution >= 0.6 is 11.3 Å². The van der Waals surface area contributed by atoms with Crippen LogP contribution in [0.25, 0.3) is 0 Å². The lowest BCUT2D eigenvalue weighted by atomic mass is 9.95. The number of nitrogens with zero attached hydrogens (tertiary/aromatic N) is 1. The number of nitrogens with one attached hydrogen (secondary N) is 1. The summed E-state index contributed by atoms with van der Waals surface area (Å²) >= 11 is 1.09. The first kappa shape index (κ1) is 14.2. The monoisotopic (exact) mass is 335 g/mol. The van der Waals surface area contributed by atoms with Gasteiger partial charge in [-0.3, -0.25) is 0 Å². The Morgan fingerprint density at radius 2 is 2.23 bits per heavy atom. The number of hydrogen-bond donors (Lipinski definition) is 2. The fourth-order valence-electron chi connectivity index (χ4n) is 3.68. The van der Waals surface area contributed by atoms with E-state index < -0.39 is 10.0 Å². The van der Waals surface area contributed by atoms with Crippen molar-refractivity contribution in [1.82, 2.24) is 4.98 Å². The Morgan fingerprint density at radius 1 is 1.41 bits per heavy atom. The maximum atomic E-state index is 11.3. The fourth-order valence-corrected chi connectivity index (χ4v) is 5.14. The molecule has 2 aromatic rings. The van der Waals surface area contributed by atoms with Gasteiger partial charge in [0.15, 0.2) is 9.34 Å². The number of hydrogen-bond acceptors (Lipinski definition) is 5. The molecule has 2 aliphatic rings. The Balaban J connectivity index is 1.44. The van der Waals surface area contributed by atoms with E-state index in [1.807, 2.05) is 0 Å². The van der Waals surface area contributed by atoms with Crippen LogP contribution in [0.2, 0.25) is 0 Å². The standard InChI is InChI=1S/C15H17N3O2S2/c16-22(19,20)13-9-18-14(21-13)17-8-11-7-15(11)6-5-10-3-1-2-4-12(10)15/h1-4,9,11H,5-8H2,(H,17,18)(H2,16,19,20)/t11-,15+/m1/s1. The molecule has 0 amide bonds. The third-order valence-corrected chi connectivity index (χ3v) is 7.25. The van der Waals surface area contributed by atoms with Crippen LogP contribution in [0.3, 0.4) is 0 Å². The number of rotatable bonds is 4. The summed E-state index contributed by atoms with van der Waals surface area (Å²) in [6, 6.07) is 8.71. The zero-order chi connectivity index (χ0) is 15.4. The van der Waals surface area contributed by atoms with E-state index in [4.69, 9.17) is 5.14 Å². The number of aromatic nitrogens is 1. The largest absolute Gasteiger partial charge is 0.361 e. The number of anilines is 1. The smallest absolute Gasteiger partial charge is 0.249 e. The Hall–Kier alpha value is -1.44. The van der Waals surface area contributed by atoms with E-state index in [0.29, 0.717) is 16.5 Å². The minimum Gasteiger partial charge on any atom is -0.361 e. The summed E-state index contributed by atoms with van der Waals surface area (Å²) in [5.74, 6) is 0.595. The van der Waals surface area contributed by atoms with Gasteiger partial charge in [-0.1, -0.05) is 35.6 Å². The minimum absolute atomic E-state index is 0.103. The molecule has 1 fully saturated rings. The van der Waals surface area contributed by atoms with Gasteiger partial charge in [0.1, 0.15) is 0 Å². The first-order chi connectivity index (χ1) is 10.5. The molecule has 0 aliphatic heterocycles. The van der Waals surface area contributed by atoms with Crippen molar-refractivity contribution in [3.05, 3.63) is 41.6 Å². The highest BCUT2D eigenvalue weighted by Crippen LogP contribution is 2.61. The van der Waals surface area contributed by atoms with Crippen molar-refractivity contribution in [2.45, 2.75) is 28.9 Å². The van der Waals surface area contributed by atoms with E-state index in [-0.39, 0.29) is 4.21 Å². The van der Waals surface area contributed by atoms with Crippen molar-refractivity contribution in [2.75, 3.05) is 11.9 Å². The number of aryl methyl sites for hydroxylation is 1. The Kier molecular flexibility index (Phi) is 3.08. The summed E-state index contributed by atoms with van der Waals surface area (Å²) in [4.78, 5) is 4.09. The molecule has 0 bridgehead atoms. The van der Waals surface area contributed by atoms with E-state index in [2.05, 4.69) is 34.6 Å². The summed E-state index contributed by atoms with van der Waals surface area (Å²) in [5.41, 5.74) is 3.32. The highest BCUT2D eigenvalue weighted by atomic mass is 32.2. The maximum Gasteiger partial charge on any atom is 0.249 e. The topological polar surface area (TPSA) is 85.1 Å². The first-order valence-corrected chi connectivity index (χ1v) is 9.66. The van der Waals surface area contributed by atoms with E-state index in [9.17, 15) is 8.42 Å². The van der Waals surface area contributed by atoms with E-state index in [0.717, 1.165) is 17.9 Å². The van der Waals surface area contributed by atoms with Crippen molar-refractivity contribution in [3.8, 4) is 0 Å². The summed E-state index contributed by atoms with van der Waals surface area (Å²) in [7, 11) is -3.65. The van der Waals surface area contributed by atoms with Crippen LogP contribution in [0.4, 0.5) is 5.13 Å². The number of benzene rings is 1. The van der Waals surface area contributed by atoms with Crippen molar-refractivity contribution in [1.29, 1.82) is 0 Å². The lowest BCUT2D eigenvalue weighted by molar-refractivity contribution is 0.599. The van der Waals surface area contributed by atoms with E-state index >= 15 is 0 Å². The molecule has 4 rings (SSSR count). The van der Waals surface area contributed by atoms with Crippen LogP contribution in [-0.4, -0.2) is 19.9 Å². The van der Waals surface area contributed by atoms with Crippen molar-refractivity contribution in [2.24, 2.45) is 11.1 Å². The molecule has 22 heavy (non-hydrogen) atoms. The Morgan fingerprint density at radius 3 is 3.00 bits per heavy atom. The third kappa shape index (κ3) is 2.24. The Bertz CT molecular complexity index is 831. The van der Waals surface area contributed by atoms with Gasteiger partial charge in [0.2, 0.25) is 10.0 Å². The molecule has 3 N–H and O–H groups in total. The SMILES string of the molecule is NS(=O)(=O)c1cnc(NC[C@H]2C[C@@]23CCc2ccccc23)s1. The lowest BCUT2D eigenvalue weighted by Gasteiger charge is -2.11. The molecular weight excluding hydrogens is 318 g/mol. The molecular formula is C15H17N3O2S2. The molecule has 0 radical (unpaired) electrons. The molecule has 1 spiro atoms. The van der Waals surface area contributed by atoms with Gasteiger partial charge in [0.25, 0.3) is 0 Å². The van der Waals surface area contributed by atoms with Gasteiger partial charge in [-0.25, -0.2) is 18.5 Å². The normalized spacial score (nSPS) is 26.1. The predicted octanol–water partition coefficient (Wildman–Crippen LogP) is 2.11. The maximum absolute atomic E-state index is 11.3. The van der Waals surface area contributed by atoms with Gasteiger partial charge in [0.05, 0.1) is 6.20 Å². The fraction of sp³-hybridized carbons (Fsp3) is 0.400. The molecule has 1 aromatic carbocycles. The zero-order valence-corrected chi connectivity index (χ0v) is 13.6. The van der Waals surface area contributed by atoms with Gasteiger partial charge >= 0.3 is 0 Å². The lowest BCUT2D eigenvalue weighted by Crippen LogP contribution is -2.12. The number of fused-ring (bicyclic) bond motifs is 2. The molecule has 0 unspecified atom stereocenters. The van der Waals surface area contributed by atoms with E-state index in [1.165, 1.54) is 36.6 Å². The number of sulfonamides is 1. The molecule has 1 saturated carbocycles. The second-order valence-corrected chi connectivity index (χ2v) is 8.94. The van der Waals surface area contributed by atoms with Gasteiger partial charge in [-0.05, 0) is 36.3 Å². The third-order valence-electron chi connectivity index (χ3n) is 4.89. The molecule has 1 aromatic heterocycles. The van der Waals surface area contributed by atoms with Crippen LogP contribution < -0.4 is 10.5 Å². The van der Waals surface area contributed by atoms with Gasteiger partial charge in [-0.2, -0.15) is 0 Å². The van der Waals surface area contributed by atoms with Crippen molar-refractivity contribution < 1.29 is 8.42 Å². The Labute approximate surface area is 133 Å². The first-order valence-electron chi connectivity index (χ1n) is 7.30. The van der Waals surface area contributed by atoms with Gasteiger partial charge < -0.3 is 5.32 Å². The minimum atomic E-state index is -3.65. The number of primary sulfonamides is 1. The van der Waals surface area contributed by atoms with Crippen LogP contribution in [0.15, 0.2) is 34.7 Å². The highest BCUT2D eigenvalue weighted by molar-refractivity contribution is 7.91. The average molecular weight is 335 g/mol. The molecule has 5 nitrogen and oxygen atoms in total. The van der Waals surface area contributed by atoms with Crippen molar-refractivity contribution >= 4 is 26.5 Å². The summed E-state index contributed by atoms with van der Waals surface area (Å²) in [6.45, 7) is 0.825.